The van der Waals surface area contributed by atoms with Gasteiger partial charge >= 0.3 is 0 Å². The maximum absolute atomic E-state index is 5.47. The number of thiol groups is 1. The quantitative estimate of drug-likeness (QED) is 0.462. The Hall–Kier alpha value is 0.230. The number of hydrogen-bond acceptors (Lipinski definition) is 4. The van der Waals surface area contributed by atoms with Crippen LogP contribution in [0.1, 0.15) is 33.1 Å². The molecule has 18 heavy (non-hydrogen) atoms. The summed E-state index contributed by atoms with van der Waals surface area (Å²) in [5.41, 5.74) is 0.460. The molecule has 4 heteroatoms. The van der Waals surface area contributed by atoms with Crippen molar-refractivity contribution in [2.24, 2.45) is 5.41 Å². The molecular weight excluding hydrogens is 246 g/mol. The number of rotatable bonds is 11. The second-order valence-electron chi connectivity index (χ2n) is 5.18. The fourth-order valence-electron chi connectivity index (χ4n) is 2.46. The molecular formula is C14H29NO2S. The van der Waals surface area contributed by atoms with Gasteiger partial charge in [0.15, 0.2) is 0 Å². The fourth-order valence-corrected chi connectivity index (χ4v) is 2.88. The van der Waals surface area contributed by atoms with Gasteiger partial charge in [0.1, 0.15) is 0 Å². The minimum atomic E-state index is 0.460. The molecule has 1 saturated carbocycles. The van der Waals surface area contributed by atoms with Crippen LogP contribution in [0.2, 0.25) is 0 Å². The first-order chi connectivity index (χ1) is 8.76. The zero-order valence-electron chi connectivity index (χ0n) is 12.0. The van der Waals surface area contributed by atoms with Crippen LogP contribution in [-0.4, -0.2) is 56.7 Å². The van der Waals surface area contributed by atoms with Gasteiger partial charge < -0.3 is 9.47 Å². The van der Waals surface area contributed by atoms with Gasteiger partial charge in [0.05, 0.1) is 13.2 Å². The Morgan fingerprint density at radius 1 is 1.06 bits per heavy atom. The van der Waals surface area contributed by atoms with Gasteiger partial charge in [-0.05, 0) is 37.9 Å². The Labute approximate surface area is 118 Å². The Morgan fingerprint density at radius 2 is 1.61 bits per heavy atom. The molecule has 0 atom stereocenters. The van der Waals surface area contributed by atoms with Crippen LogP contribution in [0, 0.1) is 5.41 Å². The third-order valence-corrected chi connectivity index (χ3v) is 4.49. The molecule has 0 aliphatic heterocycles. The molecule has 1 rings (SSSR count). The molecule has 1 aliphatic carbocycles. The van der Waals surface area contributed by atoms with Crippen molar-refractivity contribution in [3.8, 4) is 0 Å². The van der Waals surface area contributed by atoms with E-state index >= 15 is 0 Å². The van der Waals surface area contributed by atoms with Crippen LogP contribution in [0.15, 0.2) is 0 Å². The third kappa shape index (κ3) is 5.47. The predicted octanol–water partition coefficient (Wildman–Crippen LogP) is 2.46. The Bertz CT molecular complexity index is 194. The third-order valence-electron chi connectivity index (χ3n) is 3.82. The van der Waals surface area contributed by atoms with Crippen molar-refractivity contribution in [3.05, 3.63) is 0 Å². The molecule has 0 heterocycles. The van der Waals surface area contributed by atoms with Crippen LogP contribution >= 0.6 is 12.6 Å². The van der Waals surface area contributed by atoms with Gasteiger partial charge in [0, 0.05) is 32.8 Å². The van der Waals surface area contributed by atoms with Crippen molar-refractivity contribution >= 4 is 12.6 Å². The van der Waals surface area contributed by atoms with E-state index in [2.05, 4.69) is 17.5 Å². The standard InChI is InChI=1S/C14H29NO2S/c1-3-16-10-8-15(9-11-17-4-2)12-14(13-18)6-5-7-14/h18H,3-13H2,1-2H3. The van der Waals surface area contributed by atoms with Crippen LogP contribution in [0.5, 0.6) is 0 Å². The average molecular weight is 275 g/mol. The van der Waals surface area contributed by atoms with E-state index in [-0.39, 0.29) is 0 Å². The highest BCUT2D eigenvalue weighted by Crippen LogP contribution is 2.42. The van der Waals surface area contributed by atoms with Crippen LogP contribution in [0.25, 0.3) is 0 Å². The highest BCUT2D eigenvalue weighted by molar-refractivity contribution is 7.80. The summed E-state index contributed by atoms with van der Waals surface area (Å²) < 4.78 is 10.9. The maximum Gasteiger partial charge on any atom is 0.0593 e. The molecule has 0 aromatic heterocycles. The molecule has 0 radical (unpaired) electrons. The Balaban J connectivity index is 2.32. The van der Waals surface area contributed by atoms with Gasteiger partial charge in [0.25, 0.3) is 0 Å². The van der Waals surface area contributed by atoms with E-state index in [0.29, 0.717) is 5.41 Å². The van der Waals surface area contributed by atoms with Gasteiger partial charge in [-0.2, -0.15) is 12.6 Å². The minimum absolute atomic E-state index is 0.460. The molecule has 3 nitrogen and oxygen atoms in total. The summed E-state index contributed by atoms with van der Waals surface area (Å²) in [6.07, 6.45) is 4.03. The first-order valence-corrected chi connectivity index (χ1v) is 7.88. The van der Waals surface area contributed by atoms with Gasteiger partial charge in [-0.25, -0.2) is 0 Å². The van der Waals surface area contributed by atoms with Crippen LogP contribution in [0.4, 0.5) is 0 Å². The summed E-state index contributed by atoms with van der Waals surface area (Å²) in [6, 6.07) is 0. The van der Waals surface area contributed by atoms with Crippen LogP contribution in [0.3, 0.4) is 0 Å². The minimum Gasteiger partial charge on any atom is -0.380 e. The second kappa shape index (κ2) is 9.18. The summed E-state index contributed by atoms with van der Waals surface area (Å²) in [5.74, 6) is 1.01. The lowest BCUT2D eigenvalue weighted by Crippen LogP contribution is -2.45. The monoisotopic (exact) mass is 275 g/mol. The summed E-state index contributed by atoms with van der Waals surface area (Å²) in [5, 5.41) is 0. The number of nitrogens with zero attached hydrogens (tertiary/aromatic N) is 1. The zero-order valence-corrected chi connectivity index (χ0v) is 12.9. The van der Waals surface area contributed by atoms with Crippen molar-refractivity contribution in [2.75, 3.05) is 51.8 Å². The van der Waals surface area contributed by atoms with E-state index in [4.69, 9.17) is 9.47 Å². The SMILES string of the molecule is CCOCCN(CCOCC)CC1(CS)CCC1. The summed E-state index contributed by atoms with van der Waals surface area (Å²) in [7, 11) is 0. The molecule has 108 valence electrons. The van der Waals surface area contributed by atoms with Crippen molar-refractivity contribution in [1.82, 2.24) is 4.90 Å². The molecule has 0 aromatic rings. The maximum atomic E-state index is 5.47. The van der Waals surface area contributed by atoms with Gasteiger partial charge in [-0.15, -0.1) is 0 Å². The van der Waals surface area contributed by atoms with Gasteiger partial charge in [0.2, 0.25) is 0 Å². The molecule has 0 N–H and O–H groups in total. The molecule has 0 aromatic carbocycles. The Kier molecular flexibility index (Phi) is 8.31. The van der Waals surface area contributed by atoms with Crippen LogP contribution < -0.4 is 0 Å². The molecule has 0 unspecified atom stereocenters. The van der Waals surface area contributed by atoms with Gasteiger partial charge in [-0.1, -0.05) is 6.42 Å². The van der Waals surface area contributed by atoms with Crippen molar-refractivity contribution in [2.45, 2.75) is 33.1 Å². The molecule has 0 bridgehead atoms. The molecule has 1 fully saturated rings. The molecule has 1 aliphatic rings. The smallest absolute Gasteiger partial charge is 0.0593 e. The Morgan fingerprint density at radius 3 is 1.94 bits per heavy atom. The number of hydrogen-bond donors (Lipinski definition) is 1. The zero-order chi connectivity index (χ0) is 13.3. The summed E-state index contributed by atoms with van der Waals surface area (Å²) >= 11 is 4.54. The lowest BCUT2D eigenvalue weighted by atomic mass is 9.70. The number of ether oxygens (including phenoxy) is 2. The summed E-state index contributed by atoms with van der Waals surface area (Å²) in [6.45, 7) is 10.5. The average Bonchev–Trinajstić information content (AvgIpc) is 2.33. The van der Waals surface area contributed by atoms with Crippen molar-refractivity contribution in [3.63, 3.8) is 0 Å². The molecule has 0 amide bonds. The van der Waals surface area contributed by atoms with E-state index < -0.39 is 0 Å². The van der Waals surface area contributed by atoms with Crippen LogP contribution in [-0.2, 0) is 9.47 Å². The van der Waals surface area contributed by atoms with Crippen molar-refractivity contribution < 1.29 is 9.47 Å². The highest BCUT2D eigenvalue weighted by atomic mass is 32.1. The lowest BCUT2D eigenvalue weighted by molar-refractivity contribution is 0.0397. The topological polar surface area (TPSA) is 21.7 Å². The van der Waals surface area contributed by atoms with E-state index in [1.54, 1.807) is 0 Å². The van der Waals surface area contributed by atoms with Crippen molar-refractivity contribution in [1.29, 1.82) is 0 Å². The first kappa shape index (κ1) is 16.3. The fraction of sp³-hybridized carbons (Fsp3) is 1.00. The molecule has 0 spiro atoms. The normalized spacial score (nSPS) is 18.0. The highest BCUT2D eigenvalue weighted by Gasteiger charge is 2.36. The summed E-state index contributed by atoms with van der Waals surface area (Å²) in [4.78, 5) is 2.49. The molecule has 0 saturated heterocycles. The van der Waals surface area contributed by atoms with E-state index in [0.717, 1.165) is 51.8 Å². The first-order valence-electron chi connectivity index (χ1n) is 7.25. The van der Waals surface area contributed by atoms with E-state index in [1.807, 2.05) is 13.8 Å². The van der Waals surface area contributed by atoms with E-state index in [9.17, 15) is 0 Å². The van der Waals surface area contributed by atoms with E-state index in [1.165, 1.54) is 19.3 Å². The lowest BCUT2D eigenvalue weighted by Gasteiger charge is -2.44. The van der Waals surface area contributed by atoms with Gasteiger partial charge in [-0.3, -0.25) is 4.90 Å². The predicted molar refractivity (Wildman–Crippen MR) is 79.6 cm³/mol. The second-order valence-corrected chi connectivity index (χ2v) is 5.50. The largest absolute Gasteiger partial charge is 0.380 e.